The molecular weight excluding hydrogens is 573 g/mol. The van der Waals surface area contributed by atoms with Gasteiger partial charge in [0.05, 0.1) is 0 Å². The molecule has 3 aromatic rings. The van der Waals surface area contributed by atoms with Gasteiger partial charge >= 0.3 is 230 Å². The minimum absolute atomic E-state index is 0.611. The molecule has 4 rings (SSSR count). The van der Waals surface area contributed by atoms with Gasteiger partial charge in [0.1, 0.15) is 0 Å². The summed E-state index contributed by atoms with van der Waals surface area (Å²) in [6, 6.07) is 11.2. The van der Waals surface area contributed by atoms with E-state index in [4.69, 9.17) is 14.7 Å². The van der Waals surface area contributed by atoms with Crippen molar-refractivity contribution in [2.45, 2.75) is 98.8 Å². The van der Waals surface area contributed by atoms with E-state index in [-0.39, 0.29) is 0 Å². The van der Waals surface area contributed by atoms with Gasteiger partial charge in [-0.15, -0.1) is 0 Å². The average Bonchev–Trinajstić information content (AvgIpc) is 2.96. The summed E-state index contributed by atoms with van der Waals surface area (Å²) in [5, 5.41) is 2.29. The van der Waals surface area contributed by atoms with E-state index in [1.54, 1.807) is 3.58 Å². The van der Waals surface area contributed by atoms with Gasteiger partial charge in [-0.05, 0) is 0 Å². The summed E-state index contributed by atoms with van der Waals surface area (Å²) >= 11 is -2.70. The third kappa shape index (κ3) is 7.02. The van der Waals surface area contributed by atoms with E-state index in [2.05, 4.69) is 56.9 Å². The van der Waals surface area contributed by atoms with E-state index < -0.39 is 18.4 Å². The molecule has 1 aliphatic rings. The van der Waals surface area contributed by atoms with Crippen LogP contribution in [0, 0.1) is 5.92 Å². The standard InChI is InChI=1S/C21H24N3O.3C4H9.Sn/c1-2-12-24-13-9-16(10-14-24)15-25-21-18-7-5-11-22-20(18)17-6-3-4-8-19(17)23-21;3*1-3-4-2;/h3-7,11,16H,2,9-10,12-15H2,1H3;3*1,3-4H2,2H3;. The molecule has 38 heavy (non-hydrogen) atoms. The molecule has 0 N–H and O–H groups in total. The third-order valence-corrected chi connectivity index (χ3v) is 24.5. The van der Waals surface area contributed by atoms with Crippen molar-refractivity contribution < 1.29 is 4.74 Å². The van der Waals surface area contributed by atoms with E-state index in [9.17, 15) is 0 Å². The van der Waals surface area contributed by atoms with Crippen LogP contribution in [0.4, 0.5) is 0 Å². The van der Waals surface area contributed by atoms with E-state index in [1.165, 1.54) is 102 Å². The van der Waals surface area contributed by atoms with E-state index in [1.807, 2.05) is 12.3 Å². The third-order valence-electron chi connectivity index (χ3n) is 8.84. The second kappa shape index (κ2) is 14.8. The van der Waals surface area contributed by atoms with Crippen LogP contribution in [0.5, 0.6) is 5.88 Å². The Bertz CT molecular complexity index is 1120. The molecule has 1 fully saturated rings. The van der Waals surface area contributed by atoms with Gasteiger partial charge in [-0.25, -0.2) is 0 Å². The Kier molecular flexibility index (Phi) is 11.5. The summed E-state index contributed by atoms with van der Waals surface area (Å²) in [7, 11) is 0. The van der Waals surface area contributed by atoms with Crippen molar-refractivity contribution >= 4 is 43.8 Å². The van der Waals surface area contributed by atoms with Crippen molar-refractivity contribution in [3.63, 3.8) is 0 Å². The van der Waals surface area contributed by atoms with Gasteiger partial charge in [0.2, 0.25) is 0 Å². The number of ether oxygens (including phenoxy) is 1. The Morgan fingerprint density at radius 2 is 1.47 bits per heavy atom. The van der Waals surface area contributed by atoms with Crippen molar-refractivity contribution in [3.05, 3.63) is 36.5 Å². The van der Waals surface area contributed by atoms with Gasteiger partial charge in [0, 0.05) is 0 Å². The van der Waals surface area contributed by atoms with E-state index in [0.29, 0.717) is 5.92 Å². The number of piperidine rings is 1. The maximum absolute atomic E-state index is 6.63. The van der Waals surface area contributed by atoms with Gasteiger partial charge < -0.3 is 0 Å². The molecule has 2 aromatic heterocycles. The Morgan fingerprint density at radius 1 is 0.816 bits per heavy atom. The number of unbranched alkanes of at least 4 members (excludes halogenated alkanes) is 3. The van der Waals surface area contributed by atoms with Crippen LogP contribution in [0.25, 0.3) is 21.8 Å². The quantitative estimate of drug-likeness (QED) is 0.126. The van der Waals surface area contributed by atoms with E-state index in [0.717, 1.165) is 23.4 Å². The molecule has 1 aliphatic heterocycles. The van der Waals surface area contributed by atoms with Crippen LogP contribution in [0.3, 0.4) is 0 Å². The van der Waals surface area contributed by atoms with Crippen molar-refractivity contribution in [1.82, 2.24) is 14.9 Å². The molecule has 0 unspecified atom stereocenters. The molecule has 0 aliphatic carbocycles. The Labute approximate surface area is 235 Å². The molecule has 1 saturated heterocycles. The fourth-order valence-electron chi connectivity index (χ4n) is 6.56. The number of fused-ring (bicyclic) bond motifs is 3. The molecule has 0 atom stereocenters. The SMILES string of the molecule is CCC[CH2][Sn]([CH2]CCC)([CH2]CCC)[c]1cccc2c1nc(OCC1CCN(CCC)CC1)c1cccnc12. The number of hydrogen-bond acceptors (Lipinski definition) is 4. The zero-order valence-electron chi connectivity index (χ0n) is 24.6. The first-order valence-electron chi connectivity index (χ1n) is 15.7. The molecule has 1 aromatic carbocycles. The molecular formula is C33H51N3OSn. The molecule has 0 bridgehead atoms. The normalized spacial score (nSPS) is 15.5. The van der Waals surface area contributed by atoms with E-state index >= 15 is 0 Å². The number of para-hydroxylation sites is 1. The Morgan fingerprint density at radius 3 is 2.11 bits per heavy atom. The summed E-state index contributed by atoms with van der Waals surface area (Å²) < 4.78 is 12.6. The van der Waals surface area contributed by atoms with Crippen LogP contribution in [0.15, 0.2) is 36.5 Å². The molecule has 0 amide bonds. The van der Waals surface area contributed by atoms with Crippen LogP contribution in [-0.4, -0.2) is 59.5 Å². The van der Waals surface area contributed by atoms with Crippen LogP contribution in [0.1, 0.15) is 85.5 Å². The minimum atomic E-state index is -2.70. The van der Waals surface area contributed by atoms with Crippen LogP contribution in [0.2, 0.25) is 13.3 Å². The second-order valence-corrected chi connectivity index (χ2v) is 24.8. The number of benzene rings is 1. The van der Waals surface area contributed by atoms with Gasteiger partial charge in [0.25, 0.3) is 0 Å². The van der Waals surface area contributed by atoms with Crippen molar-refractivity contribution in [1.29, 1.82) is 0 Å². The zero-order valence-corrected chi connectivity index (χ0v) is 27.5. The van der Waals surface area contributed by atoms with Crippen LogP contribution < -0.4 is 8.32 Å². The average molecular weight is 625 g/mol. The van der Waals surface area contributed by atoms with Gasteiger partial charge in [-0.2, -0.15) is 0 Å². The first kappa shape index (κ1) is 29.6. The molecule has 4 nitrogen and oxygen atoms in total. The molecule has 0 saturated carbocycles. The fraction of sp³-hybridized carbons (Fsp3) is 0.636. The predicted octanol–water partition coefficient (Wildman–Crippen LogP) is 8.34. The summed E-state index contributed by atoms with van der Waals surface area (Å²) in [5.74, 6) is 1.42. The Balaban J connectivity index is 1.74. The fourth-order valence-corrected chi connectivity index (χ4v) is 23.1. The van der Waals surface area contributed by atoms with Crippen molar-refractivity contribution in [3.8, 4) is 5.88 Å². The predicted molar refractivity (Wildman–Crippen MR) is 167 cm³/mol. The second-order valence-electron chi connectivity index (χ2n) is 11.7. The summed E-state index contributed by atoms with van der Waals surface area (Å²) in [5.41, 5.74) is 2.28. The molecule has 5 heteroatoms. The number of pyridine rings is 2. The van der Waals surface area contributed by atoms with Crippen molar-refractivity contribution in [2.75, 3.05) is 26.2 Å². The van der Waals surface area contributed by atoms with Gasteiger partial charge in [-0.3, -0.25) is 0 Å². The van der Waals surface area contributed by atoms with Crippen LogP contribution >= 0.6 is 0 Å². The molecule has 3 heterocycles. The van der Waals surface area contributed by atoms with Crippen LogP contribution in [-0.2, 0) is 0 Å². The van der Waals surface area contributed by atoms with Gasteiger partial charge in [0.15, 0.2) is 0 Å². The summed E-state index contributed by atoms with van der Waals surface area (Å²) in [4.78, 5) is 12.9. The number of likely N-dealkylation sites (tertiary alicyclic amines) is 1. The molecule has 208 valence electrons. The molecule has 0 spiro atoms. The number of hydrogen-bond donors (Lipinski definition) is 0. The summed E-state index contributed by atoms with van der Waals surface area (Å²) in [6.07, 6.45) is 13.5. The monoisotopic (exact) mass is 625 g/mol. The number of aromatic nitrogens is 2. The maximum atomic E-state index is 6.63. The molecule has 0 radical (unpaired) electrons. The first-order chi connectivity index (χ1) is 18.7. The Hall–Kier alpha value is -1.40. The first-order valence-corrected chi connectivity index (χ1v) is 23.2. The summed E-state index contributed by atoms with van der Waals surface area (Å²) in [6.45, 7) is 13.7. The number of nitrogens with zero attached hydrogens (tertiary/aromatic N) is 3. The topological polar surface area (TPSA) is 38.2 Å². The van der Waals surface area contributed by atoms with Crippen molar-refractivity contribution in [2.24, 2.45) is 5.92 Å². The zero-order chi connectivity index (χ0) is 26.8. The van der Waals surface area contributed by atoms with Gasteiger partial charge in [-0.1, -0.05) is 6.92 Å². The number of rotatable bonds is 15.